The molecule has 0 bridgehead atoms. The summed E-state index contributed by atoms with van der Waals surface area (Å²) >= 11 is 11.1. The SMILES string of the molecule is CCOc1cc(/C=C2\SC(=Nc3cc(C)c(Br)c(C)c3)NC2=O)ccc1OCc1ccccc1Cl. The number of thioether (sulfide) groups is 1. The summed E-state index contributed by atoms with van der Waals surface area (Å²) in [7, 11) is 0. The minimum atomic E-state index is -0.184. The Morgan fingerprint density at radius 3 is 2.51 bits per heavy atom. The van der Waals surface area contributed by atoms with Crippen molar-refractivity contribution in [3.05, 3.63) is 91.3 Å². The highest BCUT2D eigenvalue weighted by Crippen LogP contribution is 2.34. The fourth-order valence-corrected chi connectivity index (χ4v) is 4.77. The fraction of sp³-hybridized carbons (Fsp3) is 0.185. The number of halogens is 2. The van der Waals surface area contributed by atoms with Crippen molar-refractivity contribution in [2.24, 2.45) is 4.99 Å². The van der Waals surface area contributed by atoms with Gasteiger partial charge in [0.2, 0.25) is 0 Å². The van der Waals surface area contributed by atoms with Gasteiger partial charge in [-0.3, -0.25) is 4.79 Å². The van der Waals surface area contributed by atoms with E-state index in [4.69, 9.17) is 21.1 Å². The Morgan fingerprint density at radius 1 is 1.06 bits per heavy atom. The summed E-state index contributed by atoms with van der Waals surface area (Å²) in [5.74, 6) is 1.03. The number of benzene rings is 3. The van der Waals surface area contributed by atoms with E-state index in [9.17, 15) is 4.79 Å². The van der Waals surface area contributed by atoms with E-state index in [1.165, 1.54) is 11.8 Å². The van der Waals surface area contributed by atoms with Crippen LogP contribution in [0.1, 0.15) is 29.2 Å². The lowest BCUT2D eigenvalue weighted by Crippen LogP contribution is -2.19. The summed E-state index contributed by atoms with van der Waals surface area (Å²) in [6.45, 7) is 6.76. The number of ether oxygens (including phenoxy) is 2. The fourth-order valence-electron chi connectivity index (χ4n) is 3.51. The van der Waals surface area contributed by atoms with Crippen molar-refractivity contribution in [1.29, 1.82) is 0 Å². The lowest BCUT2D eigenvalue weighted by atomic mass is 10.1. The first-order valence-corrected chi connectivity index (χ1v) is 13.0. The number of amidine groups is 1. The molecule has 1 aliphatic rings. The molecule has 0 atom stereocenters. The van der Waals surface area contributed by atoms with Crippen molar-refractivity contribution in [1.82, 2.24) is 5.32 Å². The van der Waals surface area contributed by atoms with Gasteiger partial charge in [-0.2, -0.15) is 0 Å². The van der Waals surface area contributed by atoms with Gasteiger partial charge in [0, 0.05) is 15.1 Å². The van der Waals surface area contributed by atoms with Crippen LogP contribution in [0.2, 0.25) is 5.02 Å². The third-order valence-electron chi connectivity index (χ3n) is 5.21. The molecular formula is C27H24BrClN2O3S. The average molecular weight is 572 g/mol. The normalized spacial score (nSPS) is 15.5. The van der Waals surface area contributed by atoms with Gasteiger partial charge in [-0.15, -0.1) is 0 Å². The number of aryl methyl sites for hydroxylation is 2. The maximum absolute atomic E-state index is 12.6. The molecule has 1 amide bonds. The standard InChI is InChI=1S/C27H24BrClN2O3S/c1-4-33-23-13-18(9-10-22(23)34-15-19-7-5-6-8-21(19)29)14-24-26(32)31-27(35-24)30-20-11-16(2)25(28)17(3)12-20/h5-14H,4,15H2,1-3H3,(H,30,31,32)/b24-14-. The van der Waals surface area contributed by atoms with Gasteiger partial charge in [0.25, 0.3) is 5.91 Å². The van der Waals surface area contributed by atoms with Gasteiger partial charge in [0.1, 0.15) is 6.61 Å². The maximum atomic E-state index is 12.6. The third-order valence-corrected chi connectivity index (χ3v) is 7.74. The molecule has 4 rings (SSSR count). The van der Waals surface area contributed by atoms with Crippen LogP contribution in [0, 0.1) is 13.8 Å². The van der Waals surface area contributed by atoms with Crippen molar-refractivity contribution >= 4 is 62.1 Å². The predicted molar refractivity (Wildman–Crippen MR) is 148 cm³/mol. The average Bonchev–Trinajstić information content (AvgIpc) is 3.16. The van der Waals surface area contributed by atoms with Crippen LogP contribution in [0.3, 0.4) is 0 Å². The lowest BCUT2D eigenvalue weighted by Gasteiger charge is -2.13. The quantitative estimate of drug-likeness (QED) is 0.297. The van der Waals surface area contributed by atoms with Gasteiger partial charge in [-0.25, -0.2) is 4.99 Å². The first-order valence-electron chi connectivity index (χ1n) is 11.0. The van der Waals surface area contributed by atoms with E-state index in [0.717, 1.165) is 32.4 Å². The molecular weight excluding hydrogens is 548 g/mol. The number of carbonyl (C=O) groups is 1. The lowest BCUT2D eigenvalue weighted by molar-refractivity contribution is -0.115. The topological polar surface area (TPSA) is 59.9 Å². The van der Waals surface area contributed by atoms with Crippen molar-refractivity contribution < 1.29 is 14.3 Å². The van der Waals surface area contributed by atoms with Gasteiger partial charge in [0.15, 0.2) is 16.7 Å². The monoisotopic (exact) mass is 570 g/mol. The van der Waals surface area contributed by atoms with Gasteiger partial charge >= 0.3 is 0 Å². The smallest absolute Gasteiger partial charge is 0.264 e. The van der Waals surface area contributed by atoms with Gasteiger partial charge in [-0.05, 0) is 85.6 Å². The number of carbonyl (C=O) groups excluding carboxylic acids is 1. The Bertz CT molecular complexity index is 1320. The van der Waals surface area contributed by atoms with Gasteiger partial charge in [-0.1, -0.05) is 51.8 Å². The summed E-state index contributed by atoms with van der Waals surface area (Å²) < 4.78 is 12.8. The Hall–Kier alpha value is -2.74. The van der Waals surface area contributed by atoms with E-state index >= 15 is 0 Å². The molecule has 1 N–H and O–H groups in total. The molecule has 0 radical (unpaired) electrons. The zero-order valence-electron chi connectivity index (χ0n) is 19.5. The number of nitrogens with zero attached hydrogens (tertiary/aromatic N) is 1. The summed E-state index contributed by atoms with van der Waals surface area (Å²) in [5, 5.41) is 4.05. The summed E-state index contributed by atoms with van der Waals surface area (Å²) in [4.78, 5) is 17.8. The second-order valence-corrected chi connectivity index (χ2v) is 10.1. The van der Waals surface area contributed by atoms with E-state index in [2.05, 4.69) is 26.2 Å². The van der Waals surface area contributed by atoms with Crippen molar-refractivity contribution in [3.63, 3.8) is 0 Å². The minimum Gasteiger partial charge on any atom is -0.490 e. The zero-order valence-corrected chi connectivity index (χ0v) is 22.7. The molecule has 1 heterocycles. The van der Waals surface area contributed by atoms with E-state index in [1.54, 1.807) is 0 Å². The molecule has 35 heavy (non-hydrogen) atoms. The van der Waals surface area contributed by atoms with Crippen molar-refractivity contribution in [3.8, 4) is 11.5 Å². The van der Waals surface area contributed by atoms with Crippen LogP contribution in [-0.4, -0.2) is 17.7 Å². The molecule has 0 spiro atoms. The first kappa shape index (κ1) is 25.4. The molecule has 1 aliphatic heterocycles. The Morgan fingerprint density at radius 2 is 1.80 bits per heavy atom. The highest BCUT2D eigenvalue weighted by molar-refractivity contribution is 9.10. The summed E-state index contributed by atoms with van der Waals surface area (Å²) in [6.07, 6.45) is 1.82. The molecule has 0 saturated carbocycles. The maximum Gasteiger partial charge on any atom is 0.264 e. The van der Waals surface area contributed by atoms with Crippen LogP contribution in [0.25, 0.3) is 6.08 Å². The molecule has 1 fully saturated rings. The number of aliphatic imine (C=N–C) groups is 1. The molecule has 0 aliphatic carbocycles. The Labute approximate surface area is 222 Å². The third kappa shape index (κ3) is 6.28. The molecule has 5 nitrogen and oxygen atoms in total. The van der Waals surface area contributed by atoms with E-state index in [1.807, 2.05) is 81.4 Å². The summed E-state index contributed by atoms with van der Waals surface area (Å²) in [5.41, 5.74) is 4.70. The first-order chi connectivity index (χ1) is 16.8. The van der Waals surface area contributed by atoms with Crippen molar-refractivity contribution in [2.75, 3.05) is 6.61 Å². The molecule has 1 saturated heterocycles. The largest absolute Gasteiger partial charge is 0.490 e. The van der Waals surface area contributed by atoms with Gasteiger partial charge < -0.3 is 14.8 Å². The van der Waals surface area contributed by atoms with Crippen LogP contribution < -0.4 is 14.8 Å². The molecule has 3 aromatic carbocycles. The van der Waals surface area contributed by atoms with Crippen LogP contribution >= 0.6 is 39.3 Å². The second kappa shape index (κ2) is 11.3. The number of hydrogen-bond acceptors (Lipinski definition) is 5. The minimum absolute atomic E-state index is 0.184. The van der Waals surface area contributed by atoms with Crippen LogP contribution in [-0.2, 0) is 11.4 Å². The van der Waals surface area contributed by atoms with Crippen molar-refractivity contribution in [2.45, 2.75) is 27.4 Å². The Kier molecular flexibility index (Phi) is 8.21. The van der Waals surface area contributed by atoms with E-state index in [0.29, 0.717) is 39.8 Å². The molecule has 0 aromatic heterocycles. The molecule has 0 unspecified atom stereocenters. The highest BCUT2D eigenvalue weighted by Gasteiger charge is 2.24. The number of amides is 1. The van der Waals surface area contributed by atoms with Crippen LogP contribution in [0.5, 0.6) is 11.5 Å². The summed E-state index contributed by atoms with van der Waals surface area (Å²) in [6, 6.07) is 17.1. The van der Waals surface area contributed by atoms with Gasteiger partial charge in [0.05, 0.1) is 17.2 Å². The zero-order chi connectivity index (χ0) is 24.9. The Balaban J connectivity index is 1.53. The predicted octanol–water partition coefficient (Wildman–Crippen LogP) is 7.59. The highest BCUT2D eigenvalue weighted by atomic mass is 79.9. The van der Waals surface area contributed by atoms with Crippen LogP contribution in [0.4, 0.5) is 5.69 Å². The molecule has 3 aromatic rings. The molecule has 180 valence electrons. The van der Waals surface area contributed by atoms with Crippen LogP contribution in [0.15, 0.2) is 69.0 Å². The number of nitrogens with one attached hydrogen (secondary N) is 1. The second-order valence-electron chi connectivity index (χ2n) is 7.89. The number of rotatable bonds is 7. The molecule has 8 heteroatoms. The van der Waals surface area contributed by atoms with E-state index in [-0.39, 0.29) is 5.91 Å². The van der Waals surface area contributed by atoms with E-state index < -0.39 is 0 Å². The number of hydrogen-bond donors (Lipinski definition) is 1.